The van der Waals surface area contributed by atoms with E-state index < -0.39 is 6.61 Å². The Hall–Kier alpha value is -2.28. The van der Waals surface area contributed by atoms with E-state index in [0.29, 0.717) is 16.5 Å². The summed E-state index contributed by atoms with van der Waals surface area (Å²) in [4.78, 5) is 0. The fourth-order valence-electron chi connectivity index (χ4n) is 1.55. The van der Waals surface area contributed by atoms with E-state index in [2.05, 4.69) is 15.4 Å². The second kappa shape index (κ2) is 6.94. The average Bonchev–Trinajstić information content (AvgIpc) is 2.43. The predicted molar refractivity (Wildman–Crippen MR) is 79.3 cm³/mol. The van der Waals surface area contributed by atoms with E-state index in [4.69, 9.17) is 12.2 Å². The summed E-state index contributed by atoms with van der Waals surface area (Å²) in [5.41, 5.74) is 1.24. The van der Waals surface area contributed by atoms with Crippen LogP contribution in [0, 0.1) is 5.82 Å². The van der Waals surface area contributed by atoms with Crippen LogP contribution in [0.25, 0.3) is 0 Å². The van der Waals surface area contributed by atoms with Crippen LogP contribution in [0.15, 0.2) is 48.5 Å². The van der Waals surface area contributed by atoms with Crippen LogP contribution >= 0.6 is 12.2 Å². The smallest absolute Gasteiger partial charge is 0.387 e. The lowest BCUT2D eigenvalue weighted by molar-refractivity contribution is -0.0498. The Morgan fingerprint density at radius 1 is 0.905 bits per heavy atom. The van der Waals surface area contributed by atoms with Crippen molar-refractivity contribution in [3.8, 4) is 5.75 Å². The largest absolute Gasteiger partial charge is 0.435 e. The van der Waals surface area contributed by atoms with Gasteiger partial charge < -0.3 is 15.4 Å². The predicted octanol–water partition coefficient (Wildman–Crippen LogP) is 4.24. The molecule has 0 saturated carbocycles. The zero-order valence-electron chi connectivity index (χ0n) is 10.6. The monoisotopic (exact) mass is 312 g/mol. The molecule has 3 nitrogen and oxygen atoms in total. The molecule has 110 valence electrons. The van der Waals surface area contributed by atoms with Crippen molar-refractivity contribution in [2.75, 3.05) is 10.6 Å². The van der Waals surface area contributed by atoms with Crippen LogP contribution < -0.4 is 15.4 Å². The van der Waals surface area contributed by atoms with Crippen molar-refractivity contribution in [1.29, 1.82) is 0 Å². The first-order valence-electron chi connectivity index (χ1n) is 5.91. The molecule has 0 radical (unpaired) electrons. The van der Waals surface area contributed by atoms with Crippen molar-refractivity contribution >= 4 is 28.7 Å². The van der Waals surface area contributed by atoms with Gasteiger partial charge in [-0.15, -0.1) is 0 Å². The summed E-state index contributed by atoms with van der Waals surface area (Å²) in [5, 5.41) is 6.03. The van der Waals surface area contributed by atoms with Crippen LogP contribution in [0.5, 0.6) is 5.75 Å². The SMILES string of the molecule is Fc1ccc(NC(=S)Nc2ccc(OC(F)F)cc2)cc1. The molecule has 0 saturated heterocycles. The number of rotatable bonds is 4. The summed E-state index contributed by atoms with van der Waals surface area (Å²) in [5.74, 6) is -0.276. The van der Waals surface area contributed by atoms with E-state index in [1.807, 2.05) is 0 Å². The van der Waals surface area contributed by atoms with Crippen LogP contribution in [-0.4, -0.2) is 11.7 Å². The van der Waals surface area contributed by atoms with Gasteiger partial charge in [0.2, 0.25) is 0 Å². The summed E-state index contributed by atoms with van der Waals surface area (Å²) >= 11 is 5.09. The molecular formula is C14H11F3N2OS. The van der Waals surface area contributed by atoms with Crippen LogP contribution in [-0.2, 0) is 0 Å². The highest BCUT2D eigenvalue weighted by Crippen LogP contribution is 2.18. The maximum Gasteiger partial charge on any atom is 0.387 e. The molecule has 21 heavy (non-hydrogen) atoms. The molecule has 0 amide bonds. The molecule has 0 aliphatic rings. The van der Waals surface area contributed by atoms with Crippen molar-refractivity contribution in [3.63, 3.8) is 0 Å². The summed E-state index contributed by atoms with van der Waals surface area (Å²) in [6.07, 6.45) is 0. The molecule has 0 aliphatic heterocycles. The molecule has 0 atom stereocenters. The minimum absolute atomic E-state index is 0.0629. The van der Waals surface area contributed by atoms with Gasteiger partial charge >= 0.3 is 6.61 Å². The van der Waals surface area contributed by atoms with Crippen molar-refractivity contribution in [1.82, 2.24) is 0 Å². The number of halogens is 3. The number of anilines is 2. The van der Waals surface area contributed by atoms with Gasteiger partial charge in [0.25, 0.3) is 0 Å². The lowest BCUT2D eigenvalue weighted by atomic mass is 10.3. The summed E-state index contributed by atoms with van der Waals surface area (Å²) < 4.78 is 41.0. The van der Waals surface area contributed by atoms with Gasteiger partial charge in [0.15, 0.2) is 5.11 Å². The second-order valence-corrected chi connectivity index (χ2v) is 4.40. The molecule has 7 heteroatoms. The summed E-state index contributed by atoms with van der Waals surface area (Å²) in [6, 6.07) is 11.6. The van der Waals surface area contributed by atoms with Crippen LogP contribution in [0.1, 0.15) is 0 Å². The molecule has 0 aromatic heterocycles. The summed E-state index contributed by atoms with van der Waals surface area (Å²) in [6.45, 7) is -2.86. The number of ether oxygens (including phenoxy) is 1. The Balaban J connectivity index is 1.91. The Labute approximate surface area is 124 Å². The zero-order chi connectivity index (χ0) is 15.2. The van der Waals surface area contributed by atoms with E-state index in [1.165, 1.54) is 24.3 Å². The molecule has 0 heterocycles. The molecule has 0 fully saturated rings. The van der Waals surface area contributed by atoms with E-state index in [9.17, 15) is 13.2 Å². The van der Waals surface area contributed by atoms with E-state index in [0.717, 1.165) is 0 Å². The lowest BCUT2D eigenvalue weighted by Gasteiger charge is -2.11. The minimum Gasteiger partial charge on any atom is -0.435 e. The third-order valence-electron chi connectivity index (χ3n) is 2.44. The van der Waals surface area contributed by atoms with Gasteiger partial charge in [0.1, 0.15) is 11.6 Å². The number of hydrogen-bond donors (Lipinski definition) is 2. The fraction of sp³-hybridized carbons (Fsp3) is 0.0714. The van der Waals surface area contributed by atoms with Crippen LogP contribution in [0.2, 0.25) is 0 Å². The minimum atomic E-state index is -2.86. The molecule has 0 bridgehead atoms. The average molecular weight is 312 g/mol. The number of nitrogens with one attached hydrogen (secondary N) is 2. The van der Waals surface area contributed by atoms with Gasteiger partial charge in [-0.05, 0) is 60.7 Å². The fourth-order valence-corrected chi connectivity index (χ4v) is 1.78. The lowest BCUT2D eigenvalue weighted by Crippen LogP contribution is -2.18. The normalized spacial score (nSPS) is 10.3. The number of hydrogen-bond acceptors (Lipinski definition) is 2. The van der Waals surface area contributed by atoms with E-state index in [1.54, 1.807) is 24.3 Å². The molecule has 2 rings (SSSR count). The van der Waals surface area contributed by atoms with Crippen molar-refractivity contribution in [2.45, 2.75) is 6.61 Å². The van der Waals surface area contributed by atoms with Gasteiger partial charge in [-0.2, -0.15) is 8.78 Å². The van der Waals surface area contributed by atoms with Crippen molar-refractivity contribution in [3.05, 3.63) is 54.3 Å². The van der Waals surface area contributed by atoms with Gasteiger partial charge in [0.05, 0.1) is 0 Å². The maximum atomic E-state index is 12.8. The molecule has 0 spiro atoms. The third kappa shape index (κ3) is 4.96. The molecule has 2 aromatic rings. The highest BCUT2D eigenvalue weighted by atomic mass is 32.1. The van der Waals surface area contributed by atoms with E-state index in [-0.39, 0.29) is 11.6 Å². The number of benzene rings is 2. The van der Waals surface area contributed by atoms with Crippen molar-refractivity contribution < 1.29 is 17.9 Å². The van der Waals surface area contributed by atoms with Crippen molar-refractivity contribution in [2.24, 2.45) is 0 Å². The topological polar surface area (TPSA) is 33.3 Å². The molecular weight excluding hydrogens is 301 g/mol. The standard InChI is InChI=1S/C14H11F3N2OS/c15-9-1-3-10(4-2-9)18-14(21)19-11-5-7-12(8-6-11)20-13(16)17/h1-8,13H,(H2,18,19,21). The highest BCUT2D eigenvalue weighted by Gasteiger charge is 2.04. The number of alkyl halides is 2. The highest BCUT2D eigenvalue weighted by molar-refractivity contribution is 7.80. The maximum absolute atomic E-state index is 12.8. The quantitative estimate of drug-likeness (QED) is 0.828. The Morgan fingerprint density at radius 2 is 1.38 bits per heavy atom. The van der Waals surface area contributed by atoms with Gasteiger partial charge in [-0.25, -0.2) is 4.39 Å². The first-order chi connectivity index (χ1) is 10.0. The Bertz CT molecular complexity index is 603. The van der Waals surface area contributed by atoms with Crippen LogP contribution in [0.4, 0.5) is 24.5 Å². The Morgan fingerprint density at radius 3 is 1.86 bits per heavy atom. The van der Waals surface area contributed by atoms with Gasteiger partial charge in [-0.1, -0.05) is 0 Å². The number of thiocarbonyl (C=S) groups is 1. The first-order valence-corrected chi connectivity index (χ1v) is 6.32. The van der Waals surface area contributed by atoms with Gasteiger partial charge in [0, 0.05) is 11.4 Å². The van der Waals surface area contributed by atoms with Gasteiger partial charge in [-0.3, -0.25) is 0 Å². The molecule has 0 unspecified atom stereocenters. The summed E-state index contributed by atoms with van der Waals surface area (Å²) in [7, 11) is 0. The molecule has 2 N–H and O–H groups in total. The third-order valence-corrected chi connectivity index (χ3v) is 2.64. The van der Waals surface area contributed by atoms with E-state index >= 15 is 0 Å². The molecule has 0 aliphatic carbocycles. The first kappa shape index (κ1) is 15.1. The van der Waals surface area contributed by atoms with Crippen LogP contribution in [0.3, 0.4) is 0 Å². The zero-order valence-corrected chi connectivity index (χ0v) is 11.5. The molecule has 2 aromatic carbocycles. The Kier molecular flexibility index (Phi) is 4.99. The second-order valence-electron chi connectivity index (χ2n) is 3.99.